The zero-order valence-corrected chi connectivity index (χ0v) is 9.20. The highest BCUT2D eigenvalue weighted by atomic mass is 19.1. The van der Waals surface area contributed by atoms with Gasteiger partial charge >= 0.3 is 0 Å². The molecule has 0 aliphatic carbocycles. The van der Waals surface area contributed by atoms with Crippen molar-refractivity contribution in [1.29, 1.82) is 0 Å². The van der Waals surface area contributed by atoms with Crippen molar-refractivity contribution in [3.8, 4) is 0 Å². The first kappa shape index (κ1) is 11.3. The number of hydrogen-bond acceptors (Lipinski definition) is 3. The number of halogens is 1. The van der Waals surface area contributed by atoms with Crippen LogP contribution >= 0.6 is 0 Å². The van der Waals surface area contributed by atoms with Crippen LogP contribution in [0.5, 0.6) is 0 Å². The summed E-state index contributed by atoms with van der Waals surface area (Å²) in [4.78, 5) is 15.4. The molecule has 2 heterocycles. The molecule has 0 unspecified atom stereocenters. The Balaban J connectivity index is 2.20. The predicted octanol–water partition coefficient (Wildman–Crippen LogP) is 1.76. The van der Waals surface area contributed by atoms with Crippen LogP contribution in [-0.2, 0) is 6.42 Å². The molecule has 0 saturated carbocycles. The molecule has 1 amide bonds. The highest BCUT2D eigenvalue weighted by molar-refractivity contribution is 6.04. The molecule has 0 bridgehead atoms. The van der Waals surface area contributed by atoms with E-state index in [4.69, 9.17) is 0 Å². The van der Waals surface area contributed by atoms with Gasteiger partial charge in [-0.25, -0.2) is 4.39 Å². The molecular formula is C11H11FN4O. The van der Waals surface area contributed by atoms with Crippen LogP contribution in [0.25, 0.3) is 0 Å². The molecule has 2 aromatic rings. The molecule has 0 radical (unpaired) electrons. The van der Waals surface area contributed by atoms with E-state index in [0.717, 1.165) is 18.2 Å². The van der Waals surface area contributed by atoms with Crippen molar-refractivity contribution in [2.24, 2.45) is 0 Å². The molecule has 0 aliphatic heterocycles. The van der Waals surface area contributed by atoms with Crippen molar-refractivity contribution < 1.29 is 9.18 Å². The van der Waals surface area contributed by atoms with Crippen LogP contribution in [0.15, 0.2) is 24.7 Å². The molecule has 2 rings (SSSR count). The Labute approximate surface area is 97.1 Å². The van der Waals surface area contributed by atoms with E-state index < -0.39 is 11.7 Å². The van der Waals surface area contributed by atoms with Crippen LogP contribution in [-0.4, -0.2) is 21.1 Å². The second kappa shape index (κ2) is 4.73. The summed E-state index contributed by atoms with van der Waals surface area (Å²) in [7, 11) is 0. The molecule has 0 aromatic carbocycles. The molecule has 2 N–H and O–H groups in total. The van der Waals surface area contributed by atoms with E-state index in [1.807, 2.05) is 6.92 Å². The number of anilines is 1. The summed E-state index contributed by atoms with van der Waals surface area (Å²) in [5.41, 5.74) is 0.824. The SMILES string of the molecule is CCc1cn[nH]c1NC(=O)c1ccncc1F. The molecule has 0 spiro atoms. The number of rotatable bonds is 3. The van der Waals surface area contributed by atoms with Crippen molar-refractivity contribution in [1.82, 2.24) is 15.2 Å². The molecular weight excluding hydrogens is 223 g/mol. The lowest BCUT2D eigenvalue weighted by Crippen LogP contribution is -2.15. The van der Waals surface area contributed by atoms with E-state index in [1.54, 1.807) is 6.20 Å². The van der Waals surface area contributed by atoms with Gasteiger partial charge in [-0.3, -0.25) is 14.9 Å². The van der Waals surface area contributed by atoms with E-state index in [9.17, 15) is 9.18 Å². The lowest BCUT2D eigenvalue weighted by Gasteiger charge is -2.05. The average molecular weight is 234 g/mol. The van der Waals surface area contributed by atoms with Crippen LogP contribution in [0, 0.1) is 5.82 Å². The van der Waals surface area contributed by atoms with Crippen molar-refractivity contribution in [2.45, 2.75) is 13.3 Å². The van der Waals surface area contributed by atoms with Crippen molar-refractivity contribution >= 4 is 11.7 Å². The topological polar surface area (TPSA) is 70.7 Å². The molecule has 88 valence electrons. The Morgan fingerprint density at radius 3 is 3.06 bits per heavy atom. The summed E-state index contributed by atoms with van der Waals surface area (Å²) >= 11 is 0. The predicted molar refractivity (Wildman–Crippen MR) is 60.1 cm³/mol. The zero-order valence-electron chi connectivity index (χ0n) is 9.20. The molecule has 5 nitrogen and oxygen atoms in total. The number of aromatic amines is 1. The van der Waals surface area contributed by atoms with Crippen LogP contribution in [0.2, 0.25) is 0 Å². The highest BCUT2D eigenvalue weighted by Crippen LogP contribution is 2.13. The first-order chi connectivity index (χ1) is 8.22. The molecule has 0 atom stereocenters. The van der Waals surface area contributed by atoms with Gasteiger partial charge in [0, 0.05) is 11.8 Å². The molecule has 2 aromatic heterocycles. The Kier molecular flexibility index (Phi) is 3.13. The Morgan fingerprint density at radius 2 is 2.35 bits per heavy atom. The monoisotopic (exact) mass is 234 g/mol. The Hall–Kier alpha value is -2.24. The number of hydrogen-bond donors (Lipinski definition) is 2. The number of nitrogens with one attached hydrogen (secondary N) is 2. The van der Waals surface area contributed by atoms with Gasteiger partial charge in [0.2, 0.25) is 0 Å². The summed E-state index contributed by atoms with van der Waals surface area (Å²) in [5.74, 6) is -0.680. The van der Waals surface area contributed by atoms with Gasteiger partial charge in [0.05, 0.1) is 18.0 Å². The van der Waals surface area contributed by atoms with Crippen molar-refractivity contribution in [3.63, 3.8) is 0 Å². The minimum Gasteiger partial charge on any atom is -0.307 e. The molecule has 0 fully saturated rings. The summed E-state index contributed by atoms with van der Waals surface area (Å²) in [5, 5.41) is 9.05. The number of carbonyl (C=O) groups excluding carboxylic acids is 1. The standard InChI is InChI=1S/C11H11FN4O/c1-2-7-5-14-16-10(7)15-11(17)8-3-4-13-6-9(8)12/h3-6H,2H2,1H3,(H2,14,15,16,17). The third-order valence-electron chi connectivity index (χ3n) is 2.35. The molecule has 17 heavy (non-hydrogen) atoms. The fourth-order valence-electron chi connectivity index (χ4n) is 1.43. The number of H-pyrrole nitrogens is 1. The first-order valence-corrected chi connectivity index (χ1v) is 5.15. The average Bonchev–Trinajstić information content (AvgIpc) is 2.76. The van der Waals surface area contributed by atoms with Gasteiger partial charge < -0.3 is 5.32 Å². The van der Waals surface area contributed by atoms with Crippen LogP contribution in [0.1, 0.15) is 22.8 Å². The van der Waals surface area contributed by atoms with Gasteiger partial charge in [-0.05, 0) is 12.5 Å². The molecule has 0 aliphatic rings. The van der Waals surface area contributed by atoms with Crippen LogP contribution in [0.4, 0.5) is 10.2 Å². The molecule has 6 heteroatoms. The Morgan fingerprint density at radius 1 is 1.53 bits per heavy atom. The third kappa shape index (κ3) is 2.30. The van der Waals surface area contributed by atoms with Crippen LogP contribution in [0.3, 0.4) is 0 Å². The summed E-state index contributed by atoms with van der Waals surface area (Å²) < 4.78 is 13.3. The number of pyridine rings is 1. The number of amides is 1. The Bertz CT molecular complexity index is 538. The maximum atomic E-state index is 13.3. The van der Waals surface area contributed by atoms with Crippen LogP contribution < -0.4 is 5.32 Å². The fourth-order valence-corrected chi connectivity index (χ4v) is 1.43. The first-order valence-electron chi connectivity index (χ1n) is 5.15. The zero-order chi connectivity index (χ0) is 12.3. The smallest absolute Gasteiger partial charge is 0.259 e. The quantitative estimate of drug-likeness (QED) is 0.850. The second-order valence-electron chi connectivity index (χ2n) is 3.43. The second-order valence-corrected chi connectivity index (χ2v) is 3.43. The normalized spacial score (nSPS) is 10.2. The van der Waals surface area contributed by atoms with Gasteiger partial charge in [-0.1, -0.05) is 6.92 Å². The number of aryl methyl sites for hydroxylation is 1. The van der Waals surface area contributed by atoms with E-state index >= 15 is 0 Å². The van der Waals surface area contributed by atoms with E-state index in [2.05, 4.69) is 20.5 Å². The minimum atomic E-state index is -0.650. The maximum absolute atomic E-state index is 13.3. The van der Waals surface area contributed by atoms with Gasteiger partial charge in [0.1, 0.15) is 5.82 Å². The third-order valence-corrected chi connectivity index (χ3v) is 2.35. The maximum Gasteiger partial charge on any atom is 0.259 e. The van der Waals surface area contributed by atoms with Gasteiger partial charge in [-0.15, -0.1) is 0 Å². The molecule has 0 saturated heterocycles. The van der Waals surface area contributed by atoms with Crippen molar-refractivity contribution in [3.05, 3.63) is 41.6 Å². The van der Waals surface area contributed by atoms with E-state index in [0.29, 0.717) is 5.82 Å². The van der Waals surface area contributed by atoms with Crippen molar-refractivity contribution in [2.75, 3.05) is 5.32 Å². The highest BCUT2D eigenvalue weighted by Gasteiger charge is 2.13. The van der Waals surface area contributed by atoms with E-state index in [-0.39, 0.29) is 5.56 Å². The fraction of sp³-hybridized carbons (Fsp3) is 0.182. The lowest BCUT2D eigenvalue weighted by atomic mass is 10.2. The van der Waals surface area contributed by atoms with E-state index in [1.165, 1.54) is 12.3 Å². The summed E-state index contributed by atoms with van der Waals surface area (Å²) in [6, 6.07) is 1.33. The van der Waals surface area contributed by atoms with Gasteiger partial charge in [-0.2, -0.15) is 5.10 Å². The summed E-state index contributed by atoms with van der Waals surface area (Å²) in [6.07, 6.45) is 4.72. The minimum absolute atomic E-state index is 0.0448. The lowest BCUT2D eigenvalue weighted by molar-refractivity contribution is 0.102. The van der Waals surface area contributed by atoms with Gasteiger partial charge in [0.15, 0.2) is 5.82 Å². The largest absolute Gasteiger partial charge is 0.307 e. The summed E-state index contributed by atoms with van der Waals surface area (Å²) in [6.45, 7) is 1.94. The van der Waals surface area contributed by atoms with Gasteiger partial charge in [0.25, 0.3) is 5.91 Å². The number of nitrogens with zero attached hydrogens (tertiary/aromatic N) is 2. The number of carbonyl (C=O) groups is 1. The number of aromatic nitrogens is 3.